The van der Waals surface area contributed by atoms with Crippen LogP contribution in [0.15, 0.2) is 17.0 Å². The maximum absolute atomic E-state index is 9.27. The molecular formula is C13H25NO3Si. The van der Waals surface area contributed by atoms with Crippen molar-refractivity contribution in [3.63, 3.8) is 0 Å². The molecule has 0 saturated heterocycles. The Morgan fingerprint density at radius 2 is 1.94 bits per heavy atom. The SMILES string of the molecule is CC(C)(C)[Si](C)(C)O[C@@](C)(CCO)c1cnco1. The summed E-state index contributed by atoms with van der Waals surface area (Å²) in [5, 5.41) is 9.39. The maximum Gasteiger partial charge on any atom is 0.193 e. The van der Waals surface area contributed by atoms with E-state index < -0.39 is 13.9 Å². The lowest BCUT2D eigenvalue weighted by Gasteiger charge is -2.43. The van der Waals surface area contributed by atoms with Gasteiger partial charge in [0.25, 0.3) is 0 Å². The molecule has 0 fully saturated rings. The Kier molecular flexibility index (Phi) is 4.41. The van der Waals surface area contributed by atoms with Crippen LogP contribution < -0.4 is 0 Å². The van der Waals surface area contributed by atoms with E-state index in [2.05, 4.69) is 38.8 Å². The quantitative estimate of drug-likeness (QED) is 0.835. The second kappa shape index (κ2) is 5.15. The van der Waals surface area contributed by atoms with E-state index in [1.54, 1.807) is 6.20 Å². The predicted octanol–water partition coefficient (Wildman–Crippen LogP) is 3.29. The second-order valence-electron chi connectivity index (χ2n) is 6.43. The van der Waals surface area contributed by atoms with E-state index in [1.807, 2.05) is 6.92 Å². The lowest BCUT2D eigenvalue weighted by molar-refractivity contribution is 0.0219. The molecule has 5 heteroatoms. The minimum absolute atomic E-state index is 0.0613. The van der Waals surface area contributed by atoms with Crippen molar-refractivity contribution in [1.29, 1.82) is 0 Å². The van der Waals surface area contributed by atoms with Crippen LogP contribution in [-0.4, -0.2) is 25.0 Å². The lowest BCUT2D eigenvalue weighted by Crippen LogP contribution is -2.47. The number of aromatic nitrogens is 1. The Labute approximate surface area is 111 Å². The van der Waals surface area contributed by atoms with Gasteiger partial charge in [-0.15, -0.1) is 0 Å². The molecular weight excluding hydrogens is 246 g/mol. The molecule has 0 spiro atoms. The Morgan fingerprint density at radius 3 is 2.33 bits per heavy atom. The Bertz CT molecular complexity index is 370. The van der Waals surface area contributed by atoms with E-state index in [1.165, 1.54) is 6.39 Å². The van der Waals surface area contributed by atoms with Crippen molar-refractivity contribution >= 4 is 8.32 Å². The molecule has 1 heterocycles. The summed E-state index contributed by atoms with van der Waals surface area (Å²) in [6.45, 7) is 13.0. The van der Waals surface area contributed by atoms with Gasteiger partial charge in [0.1, 0.15) is 5.60 Å². The van der Waals surface area contributed by atoms with Gasteiger partial charge < -0.3 is 13.9 Å². The molecule has 1 N–H and O–H groups in total. The Hall–Kier alpha value is -0.653. The van der Waals surface area contributed by atoms with Gasteiger partial charge >= 0.3 is 0 Å². The van der Waals surface area contributed by atoms with E-state index in [-0.39, 0.29) is 11.6 Å². The van der Waals surface area contributed by atoms with Crippen LogP contribution in [0.2, 0.25) is 18.1 Å². The van der Waals surface area contributed by atoms with Crippen LogP contribution in [0.5, 0.6) is 0 Å². The molecule has 0 unspecified atom stereocenters. The molecule has 0 amide bonds. The van der Waals surface area contributed by atoms with Crippen molar-refractivity contribution in [2.75, 3.05) is 6.61 Å². The van der Waals surface area contributed by atoms with Crippen LogP contribution in [0.25, 0.3) is 0 Å². The molecule has 1 aromatic rings. The highest BCUT2D eigenvalue weighted by Crippen LogP contribution is 2.42. The number of aliphatic hydroxyl groups is 1. The number of rotatable bonds is 5. The van der Waals surface area contributed by atoms with Crippen LogP contribution in [0, 0.1) is 0 Å². The summed E-state index contributed by atoms with van der Waals surface area (Å²) in [4.78, 5) is 3.95. The van der Waals surface area contributed by atoms with E-state index in [0.717, 1.165) is 0 Å². The third-order valence-electron chi connectivity index (χ3n) is 3.83. The van der Waals surface area contributed by atoms with Gasteiger partial charge in [-0.1, -0.05) is 20.8 Å². The van der Waals surface area contributed by atoms with E-state index in [4.69, 9.17) is 8.84 Å². The summed E-state index contributed by atoms with van der Waals surface area (Å²) in [7, 11) is -1.93. The van der Waals surface area contributed by atoms with Gasteiger partial charge in [-0.3, -0.25) is 0 Å². The van der Waals surface area contributed by atoms with Crippen LogP contribution in [-0.2, 0) is 10.0 Å². The molecule has 0 aromatic carbocycles. The van der Waals surface area contributed by atoms with Crippen molar-refractivity contribution in [3.8, 4) is 0 Å². The third kappa shape index (κ3) is 3.21. The van der Waals surface area contributed by atoms with Crippen molar-refractivity contribution in [2.45, 2.75) is 57.8 Å². The summed E-state index contributed by atoms with van der Waals surface area (Å²) in [6, 6.07) is 0. The third-order valence-corrected chi connectivity index (χ3v) is 8.40. The summed E-state index contributed by atoms with van der Waals surface area (Å²) in [5.41, 5.74) is -0.603. The molecule has 0 radical (unpaired) electrons. The van der Waals surface area contributed by atoms with Crippen LogP contribution >= 0.6 is 0 Å². The molecule has 0 saturated carbocycles. The van der Waals surface area contributed by atoms with Crippen molar-refractivity contribution in [1.82, 2.24) is 4.98 Å². The van der Waals surface area contributed by atoms with Gasteiger partial charge in [0.2, 0.25) is 0 Å². The first kappa shape index (κ1) is 15.4. The smallest absolute Gasteiger partial charge is 0.193 e. The molecule has 1 aromatic heterocycles. The van der Waals surface area contributed by atoms with Gasteiger partial charge in [-0.2, -0.15) is 0 Å². The number of hydrogen-bond acceptors (Lipinski definition) is 4. The van der Waals surface area contributed by atoms with Gasteiger partial charge in [-0.25, -0.2) is 4.98 Å². The number of nitrogens with zero attached hydrogens (tertiary/aromatic N) is 1. The lowest BCUT2D eigenvalue weighted by atomic mass is 10.0. The zero-order chi connectivity index (χ0) is 14.0. The fourth-order valence-corrected chi connectivity index (χ4v) is 3.27. The Morgan fingerprint density at radius 1 is 1.33 bits per heavy atom. The van der Waals surface area contributed by atoms with E-state index >= 15 is 0 Å². The monoisotopic (exact) mass is 271 g/mol. The molecule has 18 heavy (non-hydrogen) atoms. The fourth-order valence-electron chi connectivity index (χ4n) is 1.63. The molecule has 104 valence electrons. The summed E-state index contributed by atoms with van der Waals surface area (Å²) in [5.74, 6) is 0.682. The highest BCUT2D eigenvalue weighted by atomic mass is 28.4. The van der Waals surface area contributed by atoms with Crippen LogP contribution in [0.4, 0.5) is 0 Å². The largest absolute Gasteiger partial charge is 0.445 e. The van der Waals surface area contributed by atoms with Crippen LogP contribution in [0.3, 0.4) is 0 Å². The summed E-state index contributed by atoms with van der Waals surface area (Å²) < 4.78 is 11.8. The molecule has 0 aliphatic rings. The second-order valence-corrected chi connectivity index (χ2v) is 11.2. The van der Waals surface area contributed by atoms with Crippen molar-refractivity contribution < 1.29 is 13.9 Å². The average Bonchev–Trinajstić information content (AvgIpc) is 2.67. The normalized spacial score (nSPS) is 16.6. The van der Waals surface area contributed by atoms with E-state index in [0.29, 0.717) is 12.2 Å². The topological polar surface area (TPSA) is 55.5 Å². The van der Waals surface area contributed by atoms with Crippen molar-refractivity contribution in [2.24, 2.45) is 0 Å². The van der Waals surface area contributed by atoms with E-state index in [9.17, 15) is 5.11 Å². The molecule has 0 aliphatic carbocycles. The Balaban J connectivity index is 3.01. The molecule has 0 aliphatic heterocycles. The number of oxazole rings is 1. The maximum atomic E-state index is 9.27. The number of aliphatic hydroxyl groups excluding tert-OH is 1. The molecule has 1 atom stereocenters. The standard InChI is InChI=1S/C13H25NO3Si/c1-12(2,3)18(5,6)17-13(4,7-8-15)11-9-14-10-16-11/h9-10,15H,7-8H2,1-6H3/t13-/m0/s1. The minimum atomic E-state index is -1.93. The van der Waals surface area contributed by atoms with Gasteiger partial charge in [0.15, 0.2) is 20.5 Å². The number of hydrogen-bond donors (Lipinski definition) is 1. The molecule has 0 bridgehead atoms. The first-order valence-corrected chi connectivity index (χ1v) is 9.23. The average molecular weight is 271 g/mol. The summed E-state index contributed by atoms with van der Waals surface area (Å²) >= 11 is 0. The predicted molar refractivity (Wildman–Crippen MR) is 73.8 cm³/mol. The molecule has 4 nitrogen and oxygen atoms in total. The first-order chi connectivity index (χ1) is 8.12. The minimum Gasteiger partial charge on any atom is -0.445 e. The van der Waals surface area contributed by atoms with Gasteiger partial charge in [-0.05, 0) is 25.1 Å². The zero-order valence-electron chi connectivity index (χ0n) is 12.3. The molecule has 1 rings (SSSR count). The van der Waals surface area contributed by atoms with Crippen molar-refractivity contribution in [3.05, 3.63) is 18.4 Å². The van der Waals surface area contributed by atoms with Crippen LogP contribution in [0.1, 0.15) is 39.9 Å². The van der Waals surface area contributed by atoms with Gasteiger partial charge in [0.05, 0.1) is 6.20 Å². The first-order valence-electron chi connectivity index (χ1n) is 6.32. The van der Waals surface area contributed by atoms with Gasteiger partial charge in [0, 0.05) is 13.0 Å². The fraction of sp³-hybridized carbons (Fsp3) is 0.769. The zero-order valence-corrected chi connectivity index (χ0v) is 13.3. The highest BCUT2D eigenvalue weighted by molar-refractivity contribution is 6.74. The highest BCUT2D eigenvalue weighted by Gasteiger charge is 2.44. The summed E-state index contributed by atoms with van der Waals surface area (Å²) in [6.07, 6.45) is 3.58.